The molecule has 0 saturated heterocycles. The van der Waals surface area contributed by atoms with E-state index in [-0.39, 0.29) is 23.5 Å². The minimum atomic E-state index is -1.32. The summed E-state index contributed by atoms with van der Waals surface area (Å²) in [5, 5.41) is 52.5. The van der Waals surface area contributed by atoms with E-state index in [1.54, 1.807) is 24.3 Å². The lowest BCUT2D eigenvalue weighted by Gasteiger charge is -2.26. The van der Waals surface area contributed by atoms with Crippen LogP contribution in [0.4, 0.5) is 0 Å². The van der Waals surface area contributed by atoms with Gasteiger partial charge >= 0.3 is 0 Å². The fourth-order valence-corrected chi connectivity index (χ4v) is 3.04. The molecule has 2 aromatic carbocycles. The third kappa shape index (κ3) is 9.13. The second-order valence-electron chi connectivity index (χ2n) is 8.29. The maximum Gasteiger partial charge on any atom is 0.162 e. The quantitative estimate of drug-likeness (QED) is 0.423. The molecular formula is C24H36O6. The molecule has 1 atom stereocenters. The highest BCUT2D eigenvalue weighted by Gasteiger charge is 2.25. The maximum atomic E-state index is 9.30. The van der Waals surface area contributed by atoms with E-state index in [1.165, 1.54) is 6.92 Å². The highest BCUT2D eigenvalue weighted by atomic mass is 16.5. The Labute approximate surface area is 179 Å². The zero-order valence-electron chi connectivity index (χ0n) is 18.1. The van der Waals surface area contributed by atoms with Crippen LogP contribution in [0.25, 0.3) is 0 Å². The number of benzene rings is 2. The molecule has 30 heavy (non-hydrogen) atoms. The second-order valence-corrected chi connectivity index (χ2v) is 8.29. The molecule has 0 radical (unpaired) electrons. The summed E-state index contributed by atoms with van der Waals surface area (Å²) in [5.41, 5.74) is 2.10. The molecule has 6 nitrogen and oxygen atoms in total. The van der Waals surface area contributed by atoms with Crippen LogP contribution < -0.4 is 0 Å². The molecular weight excluding hydrogens is 384 g/mol. The van der Waals surface area contributed by atoms with Crippen LogP contribution in [-0.4, -0.2) is 49.1 Å². The van der Waals surface area contributed by atoms with Crippen LogP contribution in [0.3, 0.4) is 0 Å². The van der Waals surface area contributed by atoms with Crippen LogP contribution in [0.5, 0.6) is 11.5 Å². The molecule has 0 amide bonds. The molecule has 0 aliphatic heterocycles. The summed E-state index contributed by atoms with van der Waals surface area (Å²) in [5.74, 6) is -0.774. The molecule has 0 bridgehead atoms. The molecule has 6 N–H and O–H groups in total. The highest BCUT2D eigenvalue weighted by Crippen LogP contribution is 2.32. The van der Waals surface area contributed by atoms with E-state index in [1.807, 2.05) is 24.3 Å². The third-order valence-electron chi connectivity index (χ3n) is 5.10. The van der Waals surface area contributed by atoms with Crippen LogP contribution >= 0.6 is 0 Å². The molecule has 1 saturated carbocycles. The SMILES string of the molecule is CC(C)(c1ccc(O)cc1)c1ccc(O)cc1.CC(O)CO.OC1(O)CCCCC1. The molecule has 0 heterocycles. The van der Waals surface area contributed by atoms with Crippen molar-refractivity contribution in [1.82, 2.24) is 0 Å². The van der Waals surface area contributed by atoms with Crippen molar-refractivity contribution in [2.24, 2.45) is 0 Å². The zero-order valence-corrected chi connectivity index (χ0v) is 18.1. The first-order valence-corrected chi connectivity index (χ1v) is 10.3. The van der Waals surface area contributed by atoms with E-state index in [9.17, 15) is 10.2 Å². The highest BCUT2D eigenvalue weighted by molar-refractivity contribution is 5.41. The van der Waals surface area contributed by atoms with E-state index in [0.29, 0.717) is 12.8 Å². The summed E-state index contributed by atoms with van der Waals surface area (Å²) < 4.78 is 0. The minimum absolute atomic E-state index is 0.139. The summed E-state index contributed by atoms with van der Waals surface area (Å²) >= 11 is 0. The fourth-order valence-electron chi connectivity index (χ4n) is 3.04. The number of rotatable bonds is 3. The molecule has 2 aromatic rings. The van der Waals surface area contributed by atoms with Gasteiger partial charge < -0.3 is 30.6 Å². The Kier molecular flexibility index (Phi) is 10.3. The normalized spacial score (nSPS) is 16.4. The summed E-state index contributed by atoms with van der Waals surface area (Å²) in [4.78, 5) is 0. The van der Waals surface area contributed by atoms with Gasteiger partial charge in [-0.25, -0.2) is 0 Å². The summed E-state index contributed by atoms with van der Waals surface area (Å²) in [6.07, 6.45) is 3.65. The standard InChI is InChI=1S/C15H16O2.C6H12O2.C3H8O2/c1-15(2,11-3-7-13(16)8-4-11)12-5-9-14(17)10-6-12;7-6(8)4-2-1-3-5-6;1-3(5)2-4/h3-10,16-17H,1-2H3;7-8H,1-5H2;3-5H,2H2,1H3. The molecule has 0 aromatic heterocycles. The Morgan fingerprint density at radius 1 is 0.800 bits per heavy atom. The Hall–Kier alpha value is -2.12. The van der Waals surface area contributed by atoms with Crippen molar-refractivity contribution in [1.29, 1.82) is 0 Å². The lowest BCUT2D eigenvalue weighted by atomic mass is 9.78. The number of aliphatic hydroxyl groups excluding tert-OH is 2. The predicted molar refractivity (Wildman–Crippen MR) is 117 cm³/mol. The van der Waals surface area contributed by atoms with E-state index in [0.717, 1.165) is 30.4 Å². The number of phenolic OH excluding ortho intramolecular Hbond substituents is 2. The average molecular weight is 421 g/mol. The Morgan fingerprint density at radius 3 is 1.37 bits per heavy atom. The first-order chi connectivity index (χ1) is 14.0. The van der Waals surface area contributed by atoms with Gasteiger partial charge in [0.15, 0.2) is 5.79 Å². The molecule has 1 aliphatic carbocycles. The van der Waals surface area contributed by atoms with Gasteiger partial charge in [0.2, 0.25) is 0 Å². The van der Waals surface area contributed by atoms with E-state index in [4.69, 9.17) is 20.4 Å². The molecule has 168 valence electrons. The largest absolute Gasteiger partial charge is 0.508 e. The van der Waals surface area contributed by atoms with Crippen LogP contribution in [0.15, 0.2) is 48.5 Å². The van der Waals surface area contributed by atoms with Gasteiger partial charge in [0.1, 0.15) is 11.5 Å². The molecule has 1 aliphatic rings. The van der Waals surface area contributed by atoms with Crippen molar-refractivity contribution < 1.29 is 30.6 Å². The van der Waals surface area contributed by atoms with Crippen molar-refractivity contribution in [3.05, 3.63) is 59.7 Å². The Morgan fingerprint density at radius 2 is 1.13 bits per heavy atom. The monoisotopic (exact) mass is 420 g/mol. The Balaban J connectivity index is 0.000000286. The molecule has 1 fully saturated rings. The molecule has 6 heteroatoms. The van der Waals surface area contributed by atoms with Gasteiger partial charge in [-0.15, -0.1) is 0 Å². The minimum Gasteiger partial charge on any atom is -0.508 e. The van der Waals surface area contributed by atoms with E-state index >= 15 is 0 Å². The van der Waals surface area contributed by atoms with Gasteiger partial charge in [0.05, 0.1) is 12.7 Å². The molecule has 0 spiro atoms. The number of aromatic hydroxyl groups is 2. The lowest BCUT2D eigenvalue weighted by Crippen LogP contribution is -2.30. The van der Waals surface area contributed by atoms with Crippen LogP contribution in [0.2, 0.25) is 0 Å². The van der Waals surface area contributed by atoms with Crippen molar-refractivity contribution in [2.75, 3.05) is 6.61 Å². The maximum absolute atomic E-state index is 9.30. The van der Waals surface area contributed by atoms with Gasteiger partial charge in [0.25, 0.3) is 0 Å². The van der Waals surface area contributed by atoms with Crippen molar-refractivity contribution in [2.45, 2.75) is 70.2 Å². The van der Waals surface area contributed by atoms with E-state index < -0.39 is 11.9 Å². The summed E-state index contributed by atoms with van der Waals surface area (Å²) in [7, 11) is 0. The van der Waals surface area contributed by atoms with Crippen molar-refractivity contribution in [3.63, 3.8) is 0 Å². The predicted octanol–water partition coefficient (Wildman–Crippen LogP) is 3.41. The Bertz CT molecular complexity index is 665. The number of aliphatic hydroxyl groups is 4. The number of hydrogen-bond donors (Lipinski definition) is 6. The number of hydrogen-bond acceptors (Lipinski definition) is 6. The van der Waals surface area contributed by atoms with Gasteiger partial charge in [-0.05, 0) is 55.2 Å². The van der Waals surface area contributed by atoms with Crippen LogP contribution in [0.1, 0.15) is 64.0 Å². The average Bonchev–Trinajstić information content (AvgIpc) is 2.69. The third-order valence-corrected chi connectivity index (χ3v) is 5.10. The van der Waals surface area contributed by atoms with Crippen LogP contribution in [0, 0.1) is 0 Å². The summed E-state index contributed by atoms with van der Waals surface area (Å²) in [6, 6.07) is 14.4. The lowest BCUT2D eigenvalue weighted by molar-refractivity contribution is -0.180. The first-order valence-electron chi connectivity index (χ1n) is 10.3. The van der Waals surface area contributed by atoms with Gasteiger partial charge in [-0.2, -0.15) is 0 Å². The van der Waals surface area contributed by atoms with Gasteiger partial charge in [-0.3, -0.25) is 0 Å². The van der Waals surface area contributed by atoms with Crippen molar-refractivity contribution in [3.8, 4) is 11.5 Å². The smallest absolute Gasteiger partial charge is 0.162 e. The zero-order chi connectivity index (χ0) is 22.8. The van der Waals surface area contributed by atoms with Gasteiger partial charge in [-0.1, -0.05) is 44.5 Å². The second kappa shape index (κ2) is 11.9. The molecule has 1 unspecified atom stereocenters. The van der Waals surface area contributed by atoms with E-state index in [2.05, 4.69) is 13.8 Å². The summed E-state index contributed by atoms with van der Waals surface area (Å²) in [6.45, 7) is 5.62. The van der Waals surface area contributed by atoms with Gasteiger partial charge in [0, 0.05) is 18.3 Å². The topological polar surface area (TPSA) is 121 Å². The molecule has 3 rings (SSSR count). The van der Waals surface area contributed by atoms with Crippen LogP contribution in [-0.2, 0) is 5.41 Å². The first kappa shape index (κ1) is 25.9. The van der Waals surface area contributed by atoms with Crippen molar-refractivity contribution >= 4 is 0 Å². The number of phenols is 2. The fraction of sp³-hybridized carbons (Fsp3) is 0.500.